The van der Waals surface area contributed by atoms with E-state index in [1.807, 2.05) is 19.1 Å². The average molecular weight is 369 g/mol. The number of aryl methyl sites for hydroxylation is 1. The van der Waals surface area contributed by atoms with Gasteiger partial charge in [0.05, 0.1) is 18.3 Å². The minimum atomic E-state index is -0.379. The maximum absolute atomic E-state index is 12.2. The topological polar surface area (TPSA) is 129 Å². The maximum atomic E-state index is 12.2. The van der Waals surface area contributed by atoms with Crippen molar-refractivity contribution < 1.29 is 14.3 Å². The Bertz CT molecular complexity index is 1010. The summed E-state index contributed by atoms with van der Waals surface area (Å²) >= 11 is 0. The zero-order valence-corrected chi connectivity index (χ0v) is 15.8. The Balaban J connectivity index is 2.11. The number of hydrogen-bond acceptors (Lipinski definition) is 7. The number of ether oxygens (including phenoxy) is 2. The van der Waals surface area contributed by atoms with Gasteiger partial charge < -0.3 is 25.9 Å². The van der Waals surface area contributed by atoms with Crippen LogP contribution in [0.5, 0.6) is 11.5 Å². The molecule has 0 aliphatic rings. The van der Waals surface area contributed by atoms with Gasteiger partial charge in [-0.15, -0.1) is 0 Å². The van der Waals surface area contributed by atoms with Crippen LogP contribution in [-0.4, -0.2) is 27.5 Å². The van der Waals surface area contributed by atoms with Crippen LogP contribution in [0.1, 0.15) is 48.3 Å². The smallest absolute Gasteiger partial charge is 0.355 e. The molecule has 27 heavy (non-hydrogen) atoms. The van der Waals surface area contributed by atoms with Gasteiger partial charge in [-0.3, -0.25) is 0 Å². The SMILES string of the molecule is CCOC(=O)c1[nH]c2cc(Oc3cnc(N)nc3N)c(C(C)C)cc2c1C. The summed E-state index contributed by atoms with van der Waals surface area (Å²) in [6.07, 6.45) is 1.44. The zero-order chi connectivity index (χ0) is 19.7. The van der Waals surface area contributed by atoms with Crippen LogP contribution in [0.4, 0.5) is 11.8 Å². The second-order valence-electron chi connectivity index (χ2n) is 6.52. The number of fused-ring (bicyclic) bond motifs is 1. The van der Waals surface area contributed by atoms with Crippen LogP contribution < -0.4 is 16.2 Å². The summed E-state index contributed by atoms with van der Waals surface area (Å²) in [7, 11) is 0. The predicted octanol–water partition coefficient (Wildman–Crippen LogP) is 3.52. The number of nitrogens with zero attached hydrogens (tertiary/aromatic N) is 2. The third kappa shape index (κ3) is 3.51. The molecule has 142 valence electrons. The number of carbonyl (C=O) groups excluding carboxylic acids is 1. The molecule has 0 unspecified atom stereocenters. The third-order valence-electron chi connectivity index (χ3n) is 4.31. The molecular formula is C19H23N5O3. The third-order valence-corrected chi connectivity index (χ3v) is 4.31. The van der Waals surface area contributed by atoms with Crippen LogP contribution in [0.3, 0.4) is 0 Å². The molecule has 3 aromatic rings. The summed E-state index contributed by atoms with van der Waals surface area (Å²) < 4.78 is 11.1. The van der Waals surface area contributed by atoms with Gasteiger partial charge in [0, 0.05) is 11.5 Å². The highest BCUT2D eigenvalue weighted by atomic mass is 16.5. The number of anilines is 2. The average Bonchev–Trinajstić information content (AvgIpc) is 2.93. The van der Waals surface area contributed by atoms with E-state index in [0.29, 0.717) is 23.8 Å². The molecule has 3 rings (SSSR count). The molecule has 0 amide bonds. The summed E-state index contributed by atoms with van der Waals surface area (Å²) in [4.78, 5) is 23.2. The molecule has 0 radical (unpaired) electrons. The Kier molecular flexibility index (Phi) is 4.89. The minimum absolute atomic E-state index is 0.0819. The number of nitrogens with two attached hydrogens (primary N) is 2. The van der Waals surface area contributed by atoms with E-state index in [4.69, 9.17) is 20.9 Å². The first-order valence-corrected chi connectivity index (χ1v) is 8.71. The Morgan fingerprint density at radius 3 is 2.63 bits per heavy atom. The molecule has 8 nitrogen and oxygen atoms in total. The van der Waals surface area contributed by atoms with Gasteiger partial charge in [-0.25, -0.2) is 9.78 Å². The summed E-state index contributed by atoms with van der Waals surface area (Å²) in [5, 5.41) is 0.940. The quantitative estimate of drug-likeness (QED) is 0.587. The molecule has 0 aliphatic heterocycles. The number of nitrogens with one attached hydrogen (secondary N) is 1. The first-order valence-electron chi connectivity index (χ1n) is 8.71. The fourth-order valence-corrected chi connectivity index (χ4v) is 2.92. The van der Waals surface area contributed by atoms with E-state index in [-0.39, 0.29) is 23.7 Å². The Labute approximate surface area is 156 Å². The van der Waals surface area contributed by atoms with E-state index in [1.165, 1.54) is 6.20 Å². The fraction of sp³-hybridized carbons (Fsp3) is 0.316. The van der Waals surface area contributed by atoms with Crippen LogP contribution in [0, 0.1) is 6.92 Å². The maximum Gasteiger partial charge on any atom is 0.355 e. The lowest BCUT2D eigenvalue weighted by molar-refractivity contribution is 0.0519. The van der Waals surface area contributed by atoms with Crippen molar-refractivity contribution >= 4 is 28.6 Å². The molecule has 5 N–H and O–H groups in total. The number of H-pyrrole nitrogens is 1. The number of nitrogen functional groups attached to an aromatic ring is 2. The first-order chi connectivity index (χ1) is 12.8. The van der Waals surface area contributed by atoms with Gasteiger partial charge in [0.2, 0.25) is 5.95 Å². The molecule has 1 aromatic carbocycles. The lowest BCUT2D eigenvalue weighted by atomic mass is 9.99. The van der Waals surface area contributed by atoms with Gasteiger partial charge in [-0.05, 0) is 37.0 Å². The first kappa shape index (κ1) is 18.5. The Morgan fingerprint density at radius 2 is 2.00 bits per heavy atom. The van der Waals surface area contributed by atoms with E-state index < -0.39 is 0 Å². The Hall–Kier alpha value is -3.29. The van der Waals surface area contributed by atoms with E-state index >= 15 is 0 Å². The Morgan fingerprint density at radius 1 is 1.26 bits per heavy atom. The summed E-state index contributed by atoms with van der Waals surface area (Å²) in [5.74, 6) is 0.968. The number of hydrogen-bond donors (Lipinski definition) is 3. The van der Waals surface area contributed by atoms with Crippen molar-refractivity contribution in [2.24, 2.45) is 0 Å². The van der Waals surface area contributed by atoms with Crippen LogP contribution in [-0.2, 0) is 4.74 Å². The van der Waals surface area contributed by atoms with Gasteiger partial charge in [0.25, 0.3) is 0 Å². The molecule has 0 spiro atoms. The number of aromatic nitrogens is 3. The van der Waals surface area contributed by atoms with Gasteiger partial charge in [-0.2, -0.15) is 4.98 Å². The van der Waals surface area contributed by atoms with E-state index in [2.05, 4.69) is 28.8 Å². The summed E-state index contributed by atoms with van der Waals surface area (Å²) in [6.45, 7) is 8.10. The highest BCUT2D eigenvalue weighted by Crippen LogP contribution is 2.37. The van der Waals surface area contributed by atoms with Crippen LogP contribution in [0.15, 0.2) is 18.3 Å². The van der Waals surface area contributed by atoms with Gasteiger partial charge in [0.1, 0.15) is 11.4 Å². The molecule has 0 bridgehead atoms. The predicted molar refractivity (Wildman–Crippen MR) is 104 cm³/mol. The number of rotatable bonds is 5. The summed E-state index contributed by atoms with van der Waals surface area (Å²) in [5.41, 5.74) is 14.4. The summed E-state index contributed by atoms with van der Waals surface area (Å²) in [6, 6.07) is 3.86. The fourth-order valence-electron chi connectivity index (χ4n) is 2.92. The zero-order valence-electron chi connectivity index (χ0n) is 15.8. The number of aromatic amines is 1. The second kappa shape index (κ2) is 7.14. The molecule has 2 aromatic heterocycles. The minimum Gasteiger partial charge on any atom is -0.461 e. The largest absolute Gasteiger partial charge is 0.461 e. The number of benzene rings is 1. The standard InChI is InChI=1S/C19H23N5O3/c1-5-26-18(25)16-10(4)12-6-11(9(2)3)14(7-13(12)23-16)27-15-8-22-19(21)24-17(15)20/h6-9,23H,5H2,1-4H3,(H4,20,21,22,24). The van der Waals surface area contributed by atoms with E-state index in [9.17, 15) is 4.79 Å². The van der Waals surface area contributed by atoms with Gasteiger partial charge >= 0.3 is 5.97 Å². The lowest BCUT2D eigenvalue weighted by Crippen LogP contribution is -2.06. The normalized spacial score (nSPS) is 11.1. The van der Waals surface area contributed by atoms with Gasteiger partial charge in [-0.1, -0.05) is 13.8 Å². The molecule has 0 saturated heterocycles. The monoisotopic (exact) mass is 369 g/mol. The van der Waals surface area contributed by atoms with Crippen molar-refractivity contribution in [2.45, 2.75) is 33.6 Å². The molecule has 0 fully saturated rings. The van der Waals surface area contributed by atoms with E-state index in [1.54, 1.807) is 6.92 Å². The van der Waals surface area contributed by atoms with Crippen LogP contribution >= 0.6 is 0 Å². The highest BCUT2D eigenvalue weighted by Gasteiger charge is 2.20. The van der Waals surface area contributed by atoms with E-state index in [0.717, 1.165) is 22.0 Å². The lowest BCUT2D eigenvalue weighted by Gasteiger charge is -2.15. The molecule has 8 heteroatoms. The number of carbonyl (C=O) groups is 1. The van der Waals surface area contributed by atoms with Crippen molar-refractivity contribution in [2.75, 3.05) is 18.1 Å². The molecule has 0 atom stereocenters. The van der Waals surface area contributed by atoms with Gasteiger partial charge in [0.15, 0.2) is 11.6 Å². The number of esters is 1. The van der Waals surface area contributed by atoms with Crippen molar-refractivity contribution in [3.05, 3.63) is 35.2 Å². The van der Waals surface area contributed by atoms with Crippen molar-refractivity contribution in [3.8, 4) is 11.5 Å². The van der Waals surface area contributed by atoms with Crippen molar-refractivity contribution in [3.63, 3.8) is 0 Å². The van der Waals surface area contributed by atoms with Crippen LogP contribution in [0.25, 0.3) is 10.9 Å². The van der Waals surface area contributed by atoms with Crippen LogP contribution in [0.2, 0.25) is 0 Å². The van der Waals surface area contributed by atoms with Crippen molar-refractivity contribution in [1.82, 2.24) is 15.0 Å². The highest BCUT2D eigenvalue weighted by molar-refractivity contribution is 5.98. The van der Waals surface area contributed by atoms with Crippen molar-refractivity contribution in [1.29, 1.82) is 0 Å². The second-order valence-corrected chi connectivity index (χ2v) is 6.52. The molecule has 2 heterocycles. The molecular weight excluding hydrogens is 346 g/mol. The molecule has 0 aliphatic carbocycles. The molecule has 0 saturated carbocycles.